The summed E-state index contributed by atoms with van der Waals surface area (Å²) in [6, 6.07) is 5.80. The fraction of sp³-hybridized carbons (Fsp3) is 0.462. The van der Waals surface area contributed by atoms with E-state index in [4.69, 9.17) is 4.74 Å². The summed E-state index contributed by atoms with van der Waals surface area (Å²) in [4.78, 5) is 13.7. The van der Waals surface area contributed by atoms with Crippen molar-refractivity contribution < 1.29 is 9.53 Å². The Morgan fingerprint density at radius 2 is 2.18 bits per heavy atom. The molecule has 17 heavy (non-hydrogen) atoms. The highest BCUT2D eigenvalue weighted by Crippen LogP contribution is 2.33. The van der Waals surface area contributed by atoms with Crippen LogP contribution in [0.25, 0.3) is 0 Å². The van der Waals surface area contributed by atoms with Crippen molar-refractivity contribution >= 4 is 11.7 Å². The van der Waals surface area contributed by atoms with Gasteiger partial charge < -0.3 is 15.0 Å². The van der Waals surface area contributed by atoms with E-state index in [2.05, 4.69) is 5.32 Å². The Morgan fingerprint density at radius 1 is 1.41 bits per heavy atom. The quantitative estimate of drug-likeness (QED) is 0.873. The standard InChI is InChI=1S/C13H18N2O2/c1-3-15(4-2)13(16)14-11-7-5-6-10-8-9-17-12(10)11/h5-7H,3-4,8-9H2,1-2H3,(H,14,16). The van der Waals surface area contributed by atoms with Crippen LogP contribution < -0.4 is 10.1 Å². The van der Waals surface area contributed by atoms with E-state index in [9.17, 15) is 4.79 Å². The van der Waals surface area contributed by atoms with Crippen LogP contribution in [-0.2, 0) is 6.42 Å². The van der Waals surface area contributed by atoms with Crippen LogP contribution in [0.15, 0.2) is 18.2 Å². The maximum absolute atomic E-state index is 11.9. The highest BCUT2D eigenvalue weighted by molar-refractivity contribution is 5.91. The predicted octanol–water partition coefficient (Wildman–Crippen LogP) is 2.50. The van der Waals surface area contributed by atoms with Crippen molar-refractivity contribution in [2.75, 3.05) is 25.0 Å². The molecule has 0 aromatic heterocycles. The molecule has 0 atom stereocenters. The first-order chi connectivity index (χ1) is 8.26. The van der Waals surface area contributed by atoms with E-state index in [-0.39, 0.29) is 6.03 Å². The molecule has 2 rings (SSSR count). The van der Waals surface area contributed by atoms with Gasteiger partial charge in [-0.3, -0.25) is 0 Å². The van der Waals surface area contributed by atoms with Crippen molar-refractivity contribution in [1.82, 2.24) is 4.90 Å². The number of ether oxygens (including phenoxy) is 1. The Kier molecular flexibility index (Phi) is 3.52. The second-order valence-corrected chi connectivity index (χ2v) is 3.99. The van der Waals surface area contributed by atoms with Crippen LogP contribution in [0, 0.1) is 0 Å². The van der Waals surface area contributed by atoms with Crippen molar-refractivity contribution in [3.8, 4) is 5.75 Å². The maximum Gasteiger partial charge on any atom is 0.321 e. The van der Waals surface area contributed by atoms with Gasteiger partial charge in [0.15, 0.2) is 0 Å². The summed E-state index contributed by atoms with van der Waals surface area (Å²) in [7, 11) is 0. The van der Waals surface area contributed by atoms with Gasteiger partial charge >= 0.3 is 6.03 Å². The number of carbonyl (C=O) groups is 1. The summed E-state index contributed by atoms with van der Waals surface area (Å²) in [5.74, 6) is 0.827. The zero-order valence-corrected chi connectivity index (χ0v) is 10.3. The Bertz CT molecular complexity index is 414. The summed E-state index contributed by atoms with van der Waals surface area (Å²) in [5.41, 5.74) is 1.94. The summed E-state index contributed by atoms with van der Waals surface area (Å²) in [6.07, 6.45) is 0.921. The summed E-state index contributed by atoms with van der Waals surface area (Å²) < 4.78 is 5.54. The average Bonchev–Trinajstić information content (AvgIpc) is 2.80. The van der Waals surface area contributed by atoms with Gasteiger partial charge in [-0.05, 0) is 25.5 Å². The number of fused-ring (bicyclic) bond motifs is 1. The molecule has 0 aliphatic carbocycles. The number of urea groups is 1. The number of rotatable bonds is 3. The van der Waals surface area contributed by atoms with Crippen LogP contribution in [0.3, 0.4) is 0 Å². The van der Waals surface area contributed by atoms with E-state index in [0.29, 0.717) is 19.7 Å². The van der Waals surface area contributed by atoms with Crippen molar-refractivity contribution in [1.29, 1.82) is 0 Å². The Hall–Kier alpha value is -1.71. The van der Waals surface area contributed by atoms with Gasteiger partial charge in [-0.2, -0.15) is 0 Å². The molecule has 4 heteroatoms. The first-order valence-corrected chi connectivity index (χ1v) is 6.06. The Labute approximate surface area is 102 Å². The normalized spacial score (nSPS) is 12.8. The molecule has 0 saturated carbocycles. The lowest BCUT2D eigenvalue weighted by Gasteiger charge is -2.20. The van der Waals surface area contributed by atoms with Gasteiger partial charge in [-0.1, -0.05) is 12.1 Å². The molecule has 92 valence electrons. The molecule has 1 N–H and O–H groups in total. The molecule has 1 aromatic rings. The van der Waals surface area contributed by atoms with Gasteiger partial charge in [-0.15, -0.1) is 0 Å². The molecular formula is C13H18N2O2. The van der Waals surface area contributed by atoms with E-state index in [1.165, 1.54) is 5.56 Å². The number of hydrogen-bond donors (Lipinski definition) is 1. The number of hydrogen-bond acceptors (Lipinski definition) is 2. The smallest absolute Gasteiger partial charge is 0.321 e. The first-order valence-electron chi connectivity index (χ1n) is 6.06. The molecule has 0 bridgehead atoms. The van der Waals surface area contributed by atoms with Gasteiger partial charge in [0, 0.05) is 19.5 Å². The monoisotopic (exact) mass is 234 g/mol. The number of para-hydroxylation sites is 1. The van der Waals surface area contributed by atoms with E-state index in [1.54, 1.807) is 4.90 Å². The minimum absolute atomic E-state index is 0.0705. The molecule has 0 unspecified atom stereocenters. The fourth-order valence-corrected chi connectivity index (χ4v) is 2.02. The molecule has 4 nitrogen and oxygen atoms in total. The SMILES string of the molecule is CCN(CC)C(=O)Nc1cccc2c1OCC2. The van der Waals surface area contributed by atoms with Gasteiger partial charge in [0.2, 0.25) is 0 Å². The average molecular weight is 234 g/mol. The minimum atomic E-state index is -0.0705. The van der Waals surface area contributed by atoms with Crippen molar-refractivity contribution in [2.24, 2.45) is 0 Å². The first kappa shape index (κ1) is 11.8. The molecule has 1 aliphatic heterocycles. The van der Waals surface area contributed by atoms with E-state index < -0.39 is 0 Å². The van der Waals surface area contributed by atoms with E-state index in [0.717, 1.165) is 17.9 Å². The second-order valence-electron chi connectivity index (χ2n) is 3.99. The number of amides is 2. The van der Waals surface area contributed by atoms with Crippen LogP contribution in [-0.4, -0.2) is 30.6 Å². The summed E-state index contributed by atoms with van der Waals surface area (Å²) in [6.45, 7) is 6.05. The van der Waals surface area contributed by atoms with Crippen molar-refractivity contribution in [3.05, 3.63) is 23.8 Å². The lowest BCUT2D eigenvalue weighted by molar-refractivity contribution is 0.217. The summed E-state index contributed by atoms with van der Waals surface area (Å²) in [5, 5.41) is 2.91. The molecule has 0 fully saturated rings. The van der Waals surface area contributed by atoms with Crippen LogP contribution in [0.4, 0.5) is 10.5 Å². The lowest BCUT2D eigenvalue weighted by Crippen LogP contribution is -2.34. The molecule has 0 spiro atoms. The number of anilines is 1. The number of nitrogens with one attached hydrogen (secondary N) is 1. The molecule has 2 amide bonds. The Balaban J connectivity index is 2.14. The predicted molar refractivity (Wildman–Crippen MR) is 67.6 cm³/mol. The van der Waals surface area contributed by atoms with Crippen molar-refractivity contribution in [3.63, 3.8) is 0 Å². The third-order valence-corrected chi connectivity index (χ3v) is 3.01. The van der Waals surface area contributed by atoms with Crippen LogP contribution in [0.5, 0.6) is 5.75 Å². The second kappa shape index (κ2) is 5.08. The highest BCUT2D eigenvalue weighted by atomic mass is 16.5. The van der Waals surface area contributed by atoms with Gasteiger partial charge in [0.05, 0.1) is 12.3 Å². The van der Waals surface area contributed by atoms with Crippen LogP contribution >= 0.6 is 0 Å². The summed E-state index contributed by atoms with van der Waals surface area (Å²) >= 11 is 0. The van der Waals surface area contributed by atoms with E-state index >= 15 is 0 Å². The minimum Gasteiger partial charge on any atom is -0.491 e. The largest absolute Gasteiger partial charge is 0.491 e. The van der Waals surface area contributed by atoms with Crippen LogP contribution in [0.2, 0.25) is 0 Å². The molecule has 0 saturated heterocycles. The molecule has 1 heterocycles. The molecular weight excluding hydrogens is 216 g/mol. The fourth-order valence-electron chi connectivity index (χ4n) is 2.02. The molecule has 1 aromatic carbocycles. The number of benzene rings is 1. The highest BCUT2D eigenvalue weighted by Gasteiger charge is 2.18. The van der Waals surface area contributed by atoms with Gasteiger partial charge in [0.1, 0.15) is 5.75 Å². The van der Waals surface area contributed by atoms with Gasteiger partial charge in [0.25, 0.3) is 0 Å². The van der Waals surface area contributed by atoms with Crippen molar-refractivity contribution in [2.45, 2.75) is 20.3 Å². The Morgan fingerprint density at radius 3 is 2.88 bits per heavy atom. The third kappa shape index (κ3) is 2.35. The zero-order valence-electron chi connectivity index (χ0n) is 10.3. The molecule has 0 radical (unpaired) electrons. The topological polar surface area (TPSA) is 41.6 Å². The molecule has 1 aliphatic rings. The van der Waals surface area contributed by atoms with Gasteiger partial charge in [-0.25, -0.2) is 4.79 Å². The maximum atomic E-state index is 11.9. The van der Waals surface area contributed by atoms with Crippen LogP contribution in [0.1, 0.15) is 19.4 Å². The zero-order chi connectivity index (χ0) is 12.3. The number of nitrogens with zero attached hydrogens (tertiary/aromatic N) is 1. The third-order valence-electron chi connectivity index (χ3n) is 3.01. The lowest BCUT2D eigenvalue weighted by atomic mass is 10.1. The van der Waals surface area contributed by atoms with E-state index in [1.807, 2.05) is 32.0 Å². The number of carbonyl (C=O) groups excluding carboxylic acids is 1.